The van der Waals surface area contributed by atoms with Gasteiger partial charge in [0.05, 0.1) is 23.0 Å². The molecule has 1 fully saturated rings. The van der Waals surface area contributed by atoms with Crippen molar-refractivity contribution in [2.75, 3.05) is 25.0 Å². The van der Waals surface area contributed by atoms with Crippen molar-refractivity contribution < 1.29 is 27.9 Å². The van der Waals surface area contributed by atoms with Crippen LogP contribution in [0.2, 0.25) is 5.02 Å². The van der Waals surface area contributed by atoms with Crippen LogP contribution in [-0.2, 0) is 16.4 Å². The van der Waals surface area contributed by atoms with E-state index in [9.17, 15) is 18.7 Å². The first-order valence-electron chi connectivity index (χ1n) is 11.2. The number of hydrogen-bond donors (Lipinski definition) is 2. The Hall–Kier alpha value is -2.92. The maximum Gasteiger partial charge on any atom is 0.323 e. The average molecular weight is 512 g/mol. The smallest absolute Gasteiger partial charge is 0.323 e. The van der Waals surface area contributed by atoms with Crippen molar-refractivity contribution >= 4 is 29.2 Å². The van der Waals surface area contributed by atoms with Crippen LogP contribution in [0.25, 0.3) is 0 Å². The zero-order valence-electron chi connectivity index (χ0n) is 19.0. The number of nitrogens with one attached hydrogen (secondary N) is 1. The average Bonchev–Trinajstić information content (AvgIpc) is 3.34. The summed E-state index contributed by atoms with van der Waals surface area (Å²) in [6, 6.07) is 3.61. The fourth-order valence-electron chi connectivity index (χ4n) is 4.00. The Balaban J connectivity index is 1.36. The molecule has 0 bridgehead atoms. The van der Waals surface area contributed by atoms with E-state index < -0.39 is 23.7 Å². The minimum atomic E-state index is -2.99. The van der Waals surface area contributed by atoms with E-state index in [2.05, 4.69) is 20.4 Å². The third-order valence-corrected chi connectivity index (χ3v) is 6.53. The Labute approximate surface area is 205 Å². The summed E-state index contributed by atoms with van der Waals surface area (Å²) in [6.07, 6.45) is 2.10. The summed E-state index contributed by atoms with van der Waals surface area (Å²) in [4.78, 5) is 27.2. The van der Waals surface area contributed by atoms with Gasteiger partial charge in [0.1, 0.15) is 5.82 Å². The molecule has 0 radical (unpaired) electrons. The van der Waals surface area contributed by atoms with Gasteiger partial charge in [-0.25, -0.2) is 22.9 Å². The lowest BCUT2D eigenvalue weighted by molar-refractivity contribution is -0.00858. The molecular formula is C23H25ClF3N5O3. The molecule has 8 nitrogen and oxygen atoms in total. The van der Waals surface area contributed by atoms with Gasteiger partial charge in [-0.3, -0.25) is 10.3 Å². The van der Waals surface area contributed by atoms with E-state index in [0.717, 1.165) is 6.20 Å². The minimum Gasteiger partial charge on any atom is -0.392 e. The van der Waals surface area contributed by atoms with Crippen LogP contribution in [0.15, 0.2) is 35.7 Å². The lowest BCUT2D eigenvalue weighted by Crippen LogP contribution is -2.45. The zero-order valence-corrected chi connectivity index (χ0v) is 19.7. The van der Waals surface area contributed by atoms with Gasteiger partial charge in [-0.2, -0.15) is 0 Å². The number of carbonyl (C=O) groups is 1. The number of alkyl halides is 3. The molecule has 2 amide bonds. The highest BCUT2D eigenvalue weighted by molar-refractivity contribution is 6.31. The van der Waals surface area contributed by atoms with Crippen molar-refractivity contribution in [2.45, 2.75) is 50.3 Å². The predicted octanol–water partition coefficient (Wildman–Crippen LogP) is 4.61. The number of aliphatic hydroxyl groups is 1. The van der Waals surface area contributed by atoms with E-state index in [1.54, 1.807) is 6.07 Å². The number of piperidine rings is 1. The highest BCUT2D eigenvalue weighted by atomic mass is 35.5. The summed E-state index contributed by atoms with van der Waals surface area (Å²) in [5, 5.41) is 15.8. The van der Waals surface area contributed by atoms with Gasteiger partial charge in [0.15, 0.2) is 11.8 Å². The number of carbonyl (C=O) groups excluding carboxylic acids is 1. The van der Waals surface area contributed by atoms with Crippen molar-refractivity contribution in [2.24, 2.45) is 5.16 Å². The number of hydrogen-bond acceptors (Lipinski definition) is 6. The zero-order chi connectivity index (χ0) is 25.2. The van der Waals surface area contributed by atoms with Gasteiger partial charge in [0.25, 0.3) is 5.92 Å². The normalized spacial score (nSPS) is 19.8. The largest absolute Gasteiger partial charge is 0.392 e. The van der Waals surface area contributed by atoms with Crippen LogP contribution in [0, 0.1) is 0 Å². The number of pyridine rings is 2. The third-order valence-electron chi connectivity index (χ3n) is 6.24. The fourth-order valence-corrected chi connectivity index (χ4v) is 4.34. The molecule has 0 aromatic carbocycles. The number of anilines is 1. The Morgan fingerprint density at radius 3 is 2.63 bits per heavy atom. The number of halogens is 4. The number of oxime groups is 1. The Morgan fingerprint density at radius 2 is 2.06 bits per heavy atom. The first kappa shape index (κ1) is 25.2. The van der Waals surface area contributed by atoms with Crippen LogP contribution in [0.3, 0.4) is 0 Å². The second-order valence-electron chi connectivity index (χ2n) is 8.58. The molecule has 2 aliphatic rings. The molecule has 188 valence electrons. The number of aliphatic hydroxyl groups excluding tert-OH is 1. The second-order valence-corrected chi connectivity index (χ2v) is 8.99. The minimum absolute atomic E-state index is 0.0157. The van der Waals surface area contributed by atoms with Crippen molar-refractivity contribution in [1.29, 1.82) is 0 Å². The molecule has 2 aromatic heterocycles. The van der Waals surface area contributed by atoms with E-state index >= 15 is 4.39 Å². The molecule has 0 spiro atoms. The van der Waals surface area contributed by atoms with Gasteiger partial charge >= 0.3 is 6.03 Å². The van der Waals surface area contributed by atoms with Crippen LogP contribution >= 0.6 is 11.6 Å². The molecule has 4 heterocycles. The summed E-state index contributed by atoms with van der Waals surface area (Å²) < 4.78 is 43.2. The van der Waals surface area contributed by atoms with Crippen LogP contribution in [0.4, 0.5) is 23.8 Å². The summed E-state index contributed by atoms with van der Waals surface area (Å²) >= 11 is 6.36. The molecule has 1 saturated heterocycles. The Morgan fingerprint density at radius 1 is 1.31 bits per heavy atom. The highest BCUT2D eigenvalue weighted by Gasteiger charge is 2.40. The maximum atomic E-state index is 15.8. The highest BCUT2D eigenvalue weighted by Crippen LogP contribution is 2.40. The standard InChI is InChI=1S/C23H25ClF3N5O3/c1-2-23(26,27)15-3-4-19(28-12-15)30-21(34)32-7-5-22(25,6-8-32)20-17(24)9-14(11-29-20)18-10-16(13-33)35-31-18/h3-4,9,11-12,16,33H,2,5-8,10,13H2,1H3,(H,28,30,34). The molecule has 1 atom stereocenters. The number of likely N-dealkylation sites (tertiary alicyclic amines) is 1. The Kier molecular flexibility index (Phi) is 7.18. The van der Waals surface area contributed by atoms with E-state index in [-0.39, 0.29) is 61.1 Å². The molecule has 35 heavy (non-hydrogen) atoms. The predicted molar refractivity (Wildman–Crippen MR) is 123 cm³/mol. The number of urea groups is 1. The summed E-state index contributed by atoms with van der Waals surface area (Å²) in [5.74, 6) is -2.86. The van der Waals surface area contributed by atoms with E-state index in [0.29, 0.717) is 17.7 Å². The van der Waals surface area contributed by atoms with Crippen molar-refractivity contribution in [3.63, 3.8) is 0 Å². The van der Waals surface area contributed by atoms with E-state index in [1.165, 1.54) is 30.2 Å². The molecule has 2 N–H and O–H groups in total. The topological polar surface area (TPSA) is 99.9 Å². The molecule has 4 rings (SSSR count). The van der Waals surface area contributed by atoms with Gasteiger partial charge in [0.2, 0.25) is 0 Å². The van der Waals surface area contributed by atoms with Crippen LogP contribution in [0.1, 0.15) is 49.4 Å². The Bertz CT molecular complexity index is 1110. The fraction of sp³-hybridized carbons (Fsp3) is 0.478. The SMILES string of the molecule is CCC(F)(F)c1ccc(NC(=O)N2CCC(F)(c3ncc(C4=NOC(CO)C4)cc3Cl)CC2)nc1. The maximum absolute atomic E-state index is 15.8. The number of rotatable bonds is 6. The first-order chi connectivity index (χ1) is 16.6. The molecule has 2 aromatic rings. The molecule has 0 saturated carbocycles. The third kappa shape index (κ3) is 5.35. The molecule has 12 heteroatoms. The van der Waals surface area contributed by atoms with Crippen LogP contribution in [0.5, 0.6) is 0 Å². The van der Waals surface area contributed by atoms with Crippen molar-refractivity contribution in [3.8, 4) is 0 Å². The number of nitrogens with zero attached hydrogens (tertiary/aromatic N) is 4. The van der Waals surface area contributed by atoms with E-state index in [4.69, 9.17) is 16.4 Å². The van der Waals surface area contributed by atoms with Crippen molar-refractivity contribution in [1.82, 2.24) is 14.9 Å². The number of amides is 2. The van der Waals surface area contributed by atoms with Gasteiger partial charge in [-0.05, 0) is 18.2 Å². The van der Waals surface area contributed by atoms with Gasteiger partial charge < -0.3 is 14.8 Å². The number of aromatic nitrogens is 2. The second kappa shape index (κ2) is 9.98. The molecule has 2 aliphatic heterocycles. The quantitative estimate of drug-likeness (QED) is 0.590. The van der Waals surface area contributed by atoms with Gasteiger partial charge in [-0.1, -0.05) is 23.7 Å². The molecule has 0 aliphatic carbocycles. The lowest BCUT2D eigenvalue weighted by Gasteiger charge is -2.36. The summed E-state index contributed by atoms with van der Waals surface area (Å²) in [7, 11) is 0. The van der Waals surface area contributed by atoms with Gasteiger partial charge in [0, 0.05) is 62.3 Å². The molecular weight excluding hydrogens is 487 g/mol. The molecule has 1 unspecified atom stereocenters. The summed E-state index contributed by atoms with van der Waals surface area (Å²) in [5.41, 5.74) is -0.793. The lowest BCUT2D eigenvalue weighted by atomic mass is 9.89. The first-order valence-corrected chi connectivity index (χ1v) is 11.6. The van der Waals surface area contributed by atoms with Gasteiger partial charge in [-0.15, -0.1) is 0 Å². The van der Waals surface area contributed by atoms with E-state index in [1.807, 2.05) is 0 Å². The van der Waals surface area contributed by atoms with Crippen LogP contribution < -0.4 is 5.32 Å². The monoisotopic (exact) mass is 511 g/mol. The van der Waals surface area contributed by atoms with Crippen LogP contribution in [-0.4, -0.2) is 57.5 Å². The summed E-state index contributed by atoms with van der Waals surface area (Å²) in [6.45, 7) is 1.42. The van der Waals surface area contributed by atoms with Crippen molar-refractivity contribution in [3.05, 3.63) is 52.4 Å².